The van der Waals surface area contributed by atoms with Crippen molar-refractivity contribution < 1.29 is 0 Å². The smallest absolute Gasteiger partial charge is 0.0740 e. The molecular weight excluding hydrogens is 342 g/mol. The van der Waals surface area contributed by atoms with E-state index >= 15 is 0 Å². The SMILES string of the molecule is CC.CN=C/C=C(\C)c1ccc2c(c1)C(c1ccc(Cl)cc1)=NCCN2. The molecule has 1 aliphatic heterocycles. The molecule has 1 N–H and O–H groups in total. The first-order valence-corrected chi connectivity index (χ1v) is 9.35. The van der Waals surface area contributed by atoms with Gasteiger partial charge in [0.05, 0.1) is 12.3 Å². The van der Waals surface area contributed by atoms with Crippen molar-refractivity contribution >= 4 is 34.8 Å². The summed E-state index contributed by atoms with van der Waals surface area (Å²) in [5.41, 5.74) is 6.65. The molecule has 4 heteroatoms. The van der Waals surface area contributed by atoms with Crippen LogP contribution in [0.15, 0.2) is 58.5 Å². The molecule has 0 bridgehead atoms. The van der Waals surface area contributed by atoms with E-state index in [1.54, 1.807) is 7.05 Å². The third-order valence-corrected chi connectivity index (χ3v) is 4.27. The van der Waals surface area contributed by atoms with E-state index in [0.717, 1.165) is 40.6 Å². The van der Waals surface area contributed by atoms with Gasteiger partial charge in [-0.25, -0.2) is 0 Å². The number of allylic oxidation sites excluding steroid dienone is 2. The summed E-state index contributed by atoms with van der Waals surface area (Å²) in [6.45, 7) is 7.67. The van der Waals surface area contributed by atoms with Crippen molar-refractivity contribution in [2.45, 2.75) is 20.8 Å². The molecule has 0 fully saturated rings. The van der Waals surface area contributed by atoms with Crippen molar-refractivity contribution in [2.24, 2.45) is 9.98 Å². The lowest BCUT2D eigenvalue weighted by Gasteiger charge is -2.13. The van der Waals surface area contributed by atoms with Gasteiger partial charge in [-0.05, 0) is 48.4 Å². The number of nitrogens with one attached hydrogen (secondary N) is 1. The fraction of sp³-hybridized carbons (Fsp3) is 0.273. The molecule has 0 radical (unpaired) electrons. The van der Waals surface area contributed by atoms with Gasteiger partial charge in [-0.3, -0.25) is 9.98 Å². The number of rotatable bonds is 3. The Balaban J connectivity index is 0.00000117. The molecule has 0 aliphatic carbocycles. The number of hydrogen-bond acceptors (Lipinski definition) is 3. The van der Waals surface area contributed by atoms with Crippen LogP contribution < -0.4 is 5.32 Å². The van der Waals surface area contributed by atoms with E-state index in [-0.39, 0.29) is 0 Å². The van der Waals surface area contributed by atoms with Crippen LogP contribution in [0.2, 0.25) is 5.02 Å². The molecule has 0 amide bonds. The predicted octanol–water partition coefficient (Wildman–Crippen LogP) is 5.73. The maximum atomic E-state index is 6.03. The van der Waals surface area contributed by atoms with Gasteiger partial charge in [0.15, 0.2) is 0 Å². The predicted molar refractivity (Wildman–Crippen MR) is 116 cm³/mol. The fourth-order valence-electron chi connectivity index (χ4n) is 2.72. The number of benzene rings is 2. The molecule has 0 atom stereocenters. The van der Waals surface area contributed by atoms with Gasteiger partial charge < -0.3 is 5.32 Å². The number of nitrogens with zero attached hydrogens (tertiary/aromatic N) is 2. The number of hydrogen-bond donors (Lipinski definition) is 1. The summed E-state index contributed by atoms with van der Waals surface area (Å²) in [5, 5.41) is 4.19. The number of fused-ring (bicyclic) bond motifs is 1. The first-order chi connectivity index (χ1) is 12.7. The van der Waals surface area contributed by atoms with Crippen LogP contribution in [0.1, 0.15) is 37.5 Å². The lowest BCUT2D eigenvalue weighted by atomic mass is 9.96. The lowest BCUT2D eigenvalue weighted by Crippen LogP contribution is -2.06. The van der Waals surface area contributed by atoms with Gasteiger partial charge in [-0.15, -0.1) is 0 Å². The molecule has 136 valence electrons. The van der Waals surface area contributed by atoms with Crippen LogP contribution in [-0.2, 0) is 0 Å². The second-order valence-electron chi connectivity index (χ2n) is 5.68. The summed E-state index contributed by atoms with van der Waals surface area (Å²) >= 11 is 6.03. The zero-order valence-electron chi connectivity index (χ0n) is 15.9. The zero-order chi connectivity index (χ0) is 18.9. The van der Waals surface area contributed by atoms with E-state index in [1.807, 2.05) is 50.4 Å². The summed E-state index contributed by atoms with van der Waals surface area (Å²) in [5.74, 6) is 0. The minimum absolute atomic E-state index is 0.734. The monoisotopic (exact) mass is 367 g/mol. The largest absolute Gasteiger partial charge is 0.383 e. The van der Waals surface area contributed by atoms with E-state index in [1.165, 1.54) is 11.1 Å². The van der Waals surface area contributed by atoms with Crippen LogP contribution in [0, 0.1) is 0 Å². The average Bonchev–Trinajstić information content (AvgIpc) is 2.90. The van der Waals surface area contributed by atoms with Gasteiger partial charge in [0.25, 0.3) is 0 Å². The van der Waals surface area contributed by atoms with Crippen molar-refractivity contribution in [1.29, 1.82) is 0 Å². The van der Waals surface area contributed by atoms with Crippen LogP contribution in [0.5, 0.6) is 0 Å². The Kier molecular flexibility index (Phi) is 7.61. The van der Waals surface area contributed by atoms with E-state index in [2.05, 4.69) is 35.4 Å². The van der Waals surface area contributed by atoms with Crippen LogP contribution in [0.4, 0.5) is 5.69 Å². The summed E-state index contributed by atoms with van der Waals surface area (Å²) in [6.07, 6.45) is 3.83. The fourth-order valence-corrected chi connectivity index (χ4v) is 2.85. The third-order valence-electron chi connectivity index (χ3n) is 4.02. The minimum Gasteiger partial charge on any atom is -0.383 e. The Morgan fingerprint density at radius 3 is 2.58 bits per heavy atom. The summed E-state index contributed by atoms with van der Waals surface area (Å²) in [4.78, 5) is 8.82. The highest BCUT2D eigenvalue weighted by molar-refractivity contribution is 6.30. The van der Waals surface area contributed by atoms with Crippen LogP contribution in [-0.4, -0.2) is 32.1 Å². The van der Waals surface area contributed by atoms with E-state index in [0.29, 0.717) is 0 Å². The van der Waals surface area contributed by atoms with Crippen molar-refractivity contribution in [2.75, 3.05) is 25.5 Å². The molecule has 0 saturated carbocycles. The van der Waals surface area contributed by atoms with Gasteiger partial charge >= 0.3 is 0 Å². The van der Waals surface area contributed by atoms with Crippen LogP contribution in [0.3, 0.4) is 0 Å². The zero-order valence-corrected chi connectivity index (χ0v) is 16.6. The van der Waals surface area contributed by atoms with E-state index in [9.17, 15) is 0 Å². The highest BCUT2D eigenvalue weighted by atomic mass is 35.5. The quantitative estimate of drug-likeness (QED) is 0.690. The van der Waals surface area contributed by atoms with Crippen molar-refractivity contribution in [3.05, 3.63) is 70.3 Å². The second kappa shape index (κ2) is 9.93. The topological polar surface area (TPSA) is 36.8 Å². The number of halogens is 1. The van der Waals surface area contributed by atoms with Crippen molar-refractivity contribution in [3.8, 4) is 0 Å². The molecule has 0 aromatic heterocycles. The van der Waals surface area contributed by atoms with Gasteiger partial charge in [0, 0.05) is 41.6 Å². The maximum Gasteiger partial charge on any atom is 0.0740 e. The molecule has 1 heterocycles. The Morgan fingerprint density at radius 1 is 1.15 bits per heavy atom. The molecule has 0 saturated heterocycles. The number of anilines is 1. The molecule has 2 aromatic rings. The van der Waals surface area contributed by atoms with Gasteiger partial charge in [0.1, 0.15) is 0 Å². The molecule has 26 heavy (non-hydrogen) atoms. The Bertz CT molecular complexity index is 818. The standard InChI is InChI=1S/C20H20ClN3.C2H6/c1-14(9-10-22-2)16-5-8-19-18(13-16)20(24-12-11-23-19)15-3-6-17(21)7-4-15;1-2/h3-10,13,23H,11-12H2,1-2H3;1-2H3/b14-9+,22-10?;. The highest BCUT2D eigenvalue weighted by Gasteiger charge is 2.15. The minimum atomic E-state index is 0.734. The van der Waals surface area contributed by atoms with E-state index in [4.69, 9.17) is 16.6 Å². The van der Waals surface area contributed by atoms with E-state index < -0.39 is 0 Å². The first-order valence-electron chi connectivity index (χ1n) is 8.97. The van der Waals surface area contributed by atoms with Crippen LogP contribution in [0.25, 0.3) is 5.57 Å². The van der Waals surface area contributed by atoms with Gasteiger partial charge in [0.2, 0.25) is 0 Å². The average molecular weight is 368 g/mol. The molecular formula is C22H26ClN3. The van der Waals surface area contributed by atoms with Gasteiger partial charge in [-0.2, -0.15) is 0 Å². The van der Waals surface area contributed by atoms with Crippen molar-refractivity contribution in [3.63, 3.8) is 0 Å². The number of aliphatic imine (C=N–C) groups is 2. The molecule has 1 aliphatic rings. The molecule has 0 unspecified atom stereocenters. The lowest BCUT2D eigenvalue weighted by molar-refractivity contribution is 1.04. The highest BCUT2D eigenvalue weighted by Crippen LogP contribution is 2.27. The Hall–Kier alpha value is -2.39. The summed E-state index contributed by atoms with van der Waals surface area (Å²) < 4.78 is 0. The second-order valence-corrected chi connectivity index (χ2v) is 6.12. The molecule has 3 nitrogen and oxygen atoms in total. The molecule has 0 spiro atoms. The Morgan fingerprint density at radius 2 is 1.88 bits per heavy atom. The molecule has 3 rings (SSSR count). The molecule has 2 aromatic carbocycles. The third kappa shape index (κ3) is 4.83. The van der Waals surface area contributed by atoms with Gasteiger partial charge in [-0.1, -0.05) is 43.6 Å². The van der Waals surface area contributed by atoms with Crippen LogP contribution >= 0.6 is 11.6 Å². The summed E-state index contributed by atoms with van der Waals surface area (Å²) in [7, 11) is 1.77. The van der Waals surface area contributed by atoms with Crippen molar-refractivity contribution in [1.82, 2.24) is 0 Å². The Labute approximate surface area is 161 Å². The normalized spacial score (nSPS) is 13.9. The first kappa shape index (κ1) is 19.9. The number of benzodiazepines with no additional fused rings is 1. The maximum absolute atomic E-state index is 6.03. The summed E-state index contributed by atoms with van der Waals surface area (Å²) in [6, 6.07) is 14.3.